The Kier molecular flexibility index (Phi) is 6.36. The minimum Gasteiger partial charge on any atom is -0.476 e. The van der Waals surface area contributed by atoms with Gasteiger partial charge in [-0.2, -0.15) is 0 Å². The average Bonchev–Trinajstić information content (AvgIpc) is 2.79. The zero-order valence-corrected chi connectivity index (χ0v) is 21.1. The Morgan fingerprint density at radius 1 is 1.06 bits per heavy atom. The van der Waals surface area contributed by atoms with Gasteiger partial charge in [0, 0.05) is 10.7 Å². The van der Waals surface area contributed by atoms with Crippen LogP contribution in [0.4, 0.5) is 11.4 Å². The van der Waals surface area contributed by atoms with Crippen LogP contribution < -0.4 is 14.4 Å². The van der Waals surface area contributed by atoms with Gasteiger partial charge >= 0.3 is 0 Å². The first-order valence-corrected chi connectivity index (χ1v) is 12.7. The van der Waals surface area contributed by atoms with E-state index < -0.39 is 22.0 Å². The van der Waals surface area contributed by atoms with Gasteiger partial charge in [-0.1, -0.05) is 56.6 Å². The number of fused-ring (bicyclic) bond motifs is 1. The molecule has 0 saturated carbocycles. The van der Waals surface area contributed by atoms with E-state index in [1.54, 1.807) is 54.6 Å². The number of carbonyl (C=O) groups excluding carboxylic acids is 1. The molecule has 1 heterocycles. The van der Waals surface area contributed by atoms with Gasteiger partial charge in [0.25, 0.3) is 15.9 Å². The van der Waals surface area contributed by atoms with Crippen molar-refractivity contribution in [3.8, 4) is 5.75 Å². The highest BCUT2D eigenvalue weighted by Gasteiger charge is 2.38. The van der Waals surface area contributed by atoms with Crippen molar-refractivity contribution in [2.75, 3.05) is 16.2 Å². The Balaban J connectivity index is 1.74. The van der Waals surface area contributed by atoms with Crippen LogP contribution in [0.5, 0.6) is 5.75 Å². The molecule has 1 N–H and O–H groups in total. The molecule has 0 aliphatic carbocycles. The molecule has 6 nitrogen and oxygen atoms in total. The molecule has 34 heavy (non-hydrogen) atoms. The Bertz CT molecular complexity index is 1330. The first-order valence-electron chi connectivity index (χ1n) is 10.9. The van der Waals surface area contributed by atoms with Crippen LogP contribution in [0.3, 0.4) is 0 Å². The summed E-state index contributed by atoms with van der Waals surface area (Å²) in [5.74, 6) is -0.101. The van der Waals surface area contributed by atoms with Crippen molar-refractivity contribution in [3.05, 3.63) is 82.9 Å². The Morgan fingerprint density at radius 2 is 1.76 bits per heavy atom. The minimum atomic E-state index is -3.93. The first-order chi connectivity index (χ1) is 16.0. The number of nitrogens with one attached hydrogen (secondary N) is 1. The van der Waals surface area contributed by atoms with Crippen LogP contribution in [0.15, 0.2) is 71.6 Å². The third kappa shape index (κ3) is 4.76. The first kappa shape index (κ1) is 24.1. The molecule has 1 atom stereocenters. The second-order valence-corrected chi connectivity index (χ2v) is 11.6. The third-order valence-corrected chi connectivity index (χ3v) is 7.79. The molecule has 0 fully saturated rings. The molecule has 178 valence electrons. The second kappa shape index (κ2) is 8.96. The van der Waals surface area contributed by atoms with Crippen LogP contribution in [-0.2, 0) is 20.2 Å². The lowest BCUT2D eigenvalue weighted by Gasteiger charge is -2.36. The van der Waals surface area contributed by atoms with Crippen molar-refractivity contribution in [2.45, 2.75) is 44.1 Å². The number of halogens is 1. The summed E-state index contributed by atoms with van der Waals surface area (Å²) in [5.41, 5.74) is 2.56. The molecule has 0 aromatic heterocycles. The smallest absolute Gasteiger partial charge is 0.267 e. The number of benzene rings is 3. The highest BCUT2D eigenvalue weighted by molar-refractivity contribution is 7.92. The van der Waals surface area contributed by atoms with E-state index in [1.165, 1.54) is 4.31 Å². The molecular weight excluding hydrogens is 472 g/mol. The number of aryl methyl sites for hydroxylation is 1. The number of ether oxygens (including phenoxy) is 1. The molecule has 1 amide bonds. The summed E-state index contributed by atoms with van der Waals surface area (Å²) in [6, 6.07) is 18.8. The quantitative estimate of drug-likeness (QED) is 0.512. The molecule has 3 aromatic carbocycles. The van der Waals surface area contributed by atoms with E-state index in [1.807, 2.05) is 19.1 Å². The Morgan fingerprint density at radius 3 is 2.41 bits per heavy atom. The molecular formula is C26H27ClN2O4S. The van der Waals surface area contributed by atoms with Gasteiger partial charge < -0.3 is 10.1 Å². The van der Waals surface area contributed by atoms with E-state index >= 15 is 0 Å². The van der Waals surface area contributed by atoms with E-state index in [9.17, 15) is 13.2 Å². The molecule has 0 saturated heterocycles. The highest BCUT2D eigenvalue weighted by Crippen LogP contribution is 2.40. The normalized spacial score (nSPS) is 15.9. The predicted octanol–water partition coefficient (Wildman–Crippen LogP) is 5.54. The summed E-state index contributed by atoms with van der Waals surface area (Å²) < 4.78 is 34.6. The number of nitrogens with zero attached hydrogens (tertiary/aromatic N) is 1. The number of carbonyl (C=O) groups is 1. The lowest BCUT2D eigenvalue weighted by Crippen LogP contribution is -2.49. The van der Waals surface area contributed by atoms with Crippen LogP contribution >= 0.6 is 11.6 Å². The van der Waals surface area contributed by atoms with E-state index in [2.05, 4.69) is 26.1 Å². The zero-order valence-electron chi connectivity index (χ0n) is 19.5. The van der Waals surface area contributed by atoms with E-state index in [0.717, 1.165) is 11.1 Å². The monoisotopic (exact) mass is 498 g/mol. The fourth-order valence-electron chi connectivity index (χ4n) is 3.78. The summed E-state index contributed by atoms with van der Waals surface area (Å²) >= 11 is 6.02. The maximum Gasteiger partial charge on any atom is 0.267 e. The number of anilines is 2. The van der Waals surface area contributed by atoms with Crippen molar-refractivity contribution < 1.29 is 17.9 Å². The lowest BCUT2D eigenvalue weighted by molar-refractivity contribution is -0.122. The summed E-state index contributed by atoms with van der Waals surface area (Å²) in [4.78, 5) is 13.3. The third-order valence-electron chi connectivity index (χ3n) is 5.76. The zero-order chi connectivity index (χ0) is 24.7. The van der Waals surface area contributed by atoms with Crippen molar-refractivity contribution >= 4 is 38.9 Å². The predicted molar refractivity (Wildman–Crippen MR) is 135 cm³/mol. The van der Waals surface area contributed by atoms with Gasteiger partial charge in [-0.15, -0.1) is 0 Å². The fourth-order valence-corrected chi connectivity index (χ4v) is 5.50. The van der Waals surface area contributed by atoms with Gasteiger partial charge in [-0.3, -0.25) is 9.10 Å². The largest absolute Gasteiger partial charge is 0.476 e. The molecule has 1 aliphatic heterocycles. The SMILES string of the molecule is Cc1cc(Cl)ccc1NC(=O)C1CN(S(=O)(=O)c2ccccc2)c2cc(C(C)(C)C)ccc2O1. The highest BCUT2D eigenvalue weighted by atomic mass is 35.5. The number of amides is 1. The standard InChI is InChI=1S/C26H27ClN2O4S/c1-17-14-19(27)11-12-21(17)28-25(30)24-16-29(34(31,32)20-8-6-5-7-9-20)22-15-18(26(2,3)4)10-13-23(22)33-24/h5-15,24H,16H2,1-4H3,(H,28,30). The van der Waals surface area contributed by atoms with E-state index in [-0.39, 0.29) is 16.9 Å². The summed E-state index contributed by atoms with van der Waals surface area (Å²) in [6.45, 7) is 7.84. The van der Waals surface area contributed by atoms with Gasteiger partial charge in [-0.05, 0) is 65.9 Å². The Labute approximate surface area is 205 Å². The number of sulfonamides is 1. The van der Waals surface area contributed by atoms with Crippen LogP contribution in [0, 0.1) is 6.92 Å². The van der Waals surface area contributed by atoms with Gasteiger partial charge in [0.15, 0.2) is 6.10 Å². The molecule has 1 aliphatic rings. The molecule has 4 rings (SSSR count). The van der Waals surface area contributed by atoms with Gasteiger partial charge in [0.2, 0.25) is 0 Å². The van der Waals surface area contributed by atoms with Gasteiger partial charge in [-0.25, -0.2) is 8.42 Å². The fraction of sp³-hybridized carbons (Fsp3) is 0.269. The second-order valence-electron chi connectivity index (χ2n) is 9.34. The van der Waals surface area contributed by atoms with E-state index in [0.29, 0.717) is 22.1 Å². The minimum absolute atomic E-state index is 0.150. The topological polar surface area (TPSA) is 75.7 Å². The molecule has 0 spiro atoms. The van der Waals surface area contributed by atoms with Crippen LogP contribution in [0.2, 0.25) is 5.02 Å². The van der Waals surface area contributed by atoms with Crippen molar-refractivity contribution in [1.29, 1.82) is 0 Å². The van der Waals surface area contributed by atoms with Crippen LogP contribution in [0.1, 0.15) is 31.9 Å². The summed E-state index contributed by atoms with van der Waals surface area (Å²) in [5, 5.41) is 3.40. The maximum absolute atomic E-state index is 13.7. The summed E-state index contributed by atoms with van der Waals surface area (Å²) in [6.07, 6.45) is -1.04. The molecule has 0 bridgehead atoms. The van der Waals surface area contributed by atoms with Crippen molar-refractivity contribution in [3.63, 3.8) is 0 Å². The number of rotatable bonds is 4. The maximum atomic E-state index is 13.7. The van der Waals surface area contributed by atoms with Crippen LogP contribution in [-0.4, -0.2) is 27.0 Å². The van der Waals surface area contributed by atoms with Crippen LogP contribution in [0.25, 0.3) is 0 Å². The molecule has 3 aromatic rings. The van der Waals surface area contributed by atoms with Gasteiger partial charge in [0.1, 0.15) is 5.75 Å². The van der Waals surface area contributed by atoms with Crippen molar-refractivity contribution in [2.24, 2.45) is 0 Å². The molecule has 0 radical (unpaired) electrons. The average molecular weight is 499 g/mol. The number of hydrogen-bond donors (Lipinski definition) is 1. The Hall–Kier alpha value is -3.03. The van der Waals surface area contributed by atoms with E-state index in [4.69, 9.17) is 16.3 Å². The molecule has 8 heteroatoms. The lowest BCUT2D eigenvalue weighted by atomic mass is 9.86. The number of hydrogen-bond acceptors (Lipinski definition) is 4. The molecule has 1 unspecified atom stereocenters. The van der Waals surface area contributed by atoms with Crippen molar-refractivity contribution in [1.82, 2.24) is 0 Å². The summed E-state index contributed by atoms with van der Waals surface area (Å²) in [7, 11) is -3.93. The van der Waals surface area contributed by atoms with Gasteiger partial charge in [0.05, 0.1) is 17.1 Å².